The van der Waals surface area contributed by atoms with E-state index in [4.69, 9.17) is 0 Å². The minimum Gasteiger partial charge on any atom is -0.388 e. The van der Waals surface area contributed by atoms with E-state index >= 15 is 0 Å². The summed E-state index contributed by atoms with van der Waals surface area (Å²) in [4.78, 5) is 11.7. The maximum Gasteiger partial charge on any atom is 0.237 e. The summed E-state index contributed by atoms with van der Waals surface area (Å²) in [7, 11) is -3.39. The number of nitrogens with one attached hydrogen (secondary N) is 2. The Kier molecular flexibility index (Phi) is 5.12. The van der Waals surface area contributed by atoms with Crippen LogP contribution in [0.4, 0.5) is 0 Å². The number of carbonyl (C=O) groups is 1. The van der Waals surface area contributed by atoms with E-state index < -0.39 is 27.6 Å². The largest absolute Gasteiger partial charge is 0.388 e. The number of rotatable bonds is 7. The highest BCUT2D eigenvalue weighted by Crippen LogP contribution is 2.30. The molecule has 1 saturated carbocycles. The van der Waals surface area contributed by atoms with Gasteiger partial charge in [0.05, 0.1) is 17.4 Å². The number of carbonyl (C=O) groups excluding carboxylic acids is 1. The number of aliphatic hydroxyl groups is 1. The number of hydrogen-bond donors (Lipinski definition) is 3. The van der Waals surface area contributed by atoms with E-state index in [0.717, 1.165) is 6.42 Å². The summed E-state index contributed by atoms with van der Waals surface area (Å²) in [6, 6.07) is -0.815. The molecule has 18 heavy (non-hydrogen) atoms. The van der Waals surface area contributed by atoms with Gasteiger partial charge in [-0.05, 0) is 32.6 Å². The molecular weight excluding hydrogens is 256 g/mol. The highest BCUT2D eigenvalue weighted by molar-refractivity contribution is 7.89. The van der Waals surface area contributed by atoms with Gasteiger partial charge in [-0.3, -0.25) is 4.79 Å². The first-order valence-corrected chi connectivity index (χ1v) is 7.93. The van der Waals surface area contributed by atoms with E-state index in [1.165, 1.54) is 6.92 Å². The van der Waals surface area contributed by atoms with E-state index in [-0.39, 0.29) is 12.3 Å². The predicted octanol–water partition coefficient (Wildman–Crippen LogP) is -0.264. The number of amides is 1. The molecule has 0 bridgehead atoms. The van der Waals surface area contributed by atoms with Crippen LogP contribution in [-0.2, 0) is 14.8 Å². The number of hydrogen-bond acceptors (Lipinski definition) is 4. The lowest BCUT2D eigenvalue weighted by Crippen LogP contribution is -2.52. The van der Waals surface area contributed by atoms with Crippen LogP contribution in [0.1, 0.15) is 39.5 Å². The van der Waals surface area contributed by atoms with E-state index in [1.54, 1.807) is 6.92 Å². The van der Waals surface area contributed by atoms with Crippen molar-refractivity contribution in [1.82, 2.24) is 10.0 Å². The van der Waals surface area contributed by atoms with E-state index in [0.29, 0.717) is 19.3 Å². The summed E-state index contributed by atoms with van der Waals surface area (Å²) >= 11 is 0. The first-order valence-electron chi connectivity index (χ1n) is 6.28. The molecule has 3 N–H and O–H groups in total. The molecular formula is C11H22N2O4S. The highest BCUT2D eigenvalue weighted by atomic mass is 32.2. The Labute approximate surface area is 108 Å². The predicted molar refractivity (Wildman–Crippen MR) is 68.5 cm³/mol. The van der Waals surface area contributed by atoms with Gasteiger partial charge >= 0.3 is 0 Å². The Morgan fingerprint density at radius 1 is 1.44 bits per heavy atom. The summed E-state index contributed by atoms with van der Waals surface area (Å²) in [5.74, 6) is -0.399. The lowest BCUT2D eigenvalue weighted by Gasteiger charge is -2.36. The van der Waals surface area contributed by atoms with Gasteiger partial charge in [-0.2, -0.15) is 0 Å². The van der Waals surface area contributed by atoms with Gasteiger partial charge in [0.2, 0.25) is 15.9 Å². The first-order chi connectivity index (χ1) is 8.28. The average Bonchev–Trinajstić information content (AvgIpc) is 2.22. The van der Waals surface area contributed by atoms with Gasteiger partial charge in [0.15, 0.2) is 0 Å². The summed E-state index contributed by atoms with van der Waals surface area (Å²) in [6.45, 7) is 3.44. The SMILES string of the molecule is CCCS(=O)(=O)NC(C)C(=O)NCC1(O)CCC1. The quantitative estimate of drug-likeness (QED) is 0.597. The molecule has 1 amide bonds. The zero-order chi connectivity index (χ0) is 13.8. The summed E-state index contributed by atoms with van der Waals surface area (Å²) in [6.07, 6.45) is 2.83. The zero-order valence-corrected chi connectivity index (χ0v) is 11.7. The van der Waals surface area contributed by atoms with Crippen molar-refractivity contribution in [2.45, 2.75) is 51.2 Å². The van der Waals surface area contributed by atoms with Crippen molar-refractivity contribution in [3.8, 4) is 0 Å². The molecule has 0 aliphatic heterocycles. The Bertz CT molecular complexity index is 390. The van der Waals surface area contributed by atoms with Gasteiger partial charge < -0.3 is 10.4 Å². The van der Waals surface area contributed by atoms with Crippen LogP contribution < -0.4 is 10.0 Å². The van der Waals surface area contributed by atoms with Crippen LogP contribution >= 0.6 is 0 Å². The average molecular weight is 278 g/mol. The van der Waals surface area contributed by atoms with Crippen molar-refractivity contribution < 1.29 is 18.3 Å². The smallest absolute Gasteiger partial charge is 0.237 e. The lowest BCUT2D eigenvalue weighted by molar-refractivity contribution is -0.124. The van der Waals surface area contributed by atoms with E-state index in [2.05, 4.69) is 10.0 Å². The highest BCUT2D eigenvalue weighted by Gasteiger charge is 2.35. The fourth-order valence-electron chi connectivity index (χ4n) is 1.82. The molecule has 1 rings (SSSR count). The van der Waals surface area contributed by atoms with Gasteiger partial charge in [-0.15, -0.1) is 0 Å². The van der Waals surface area contributed by atoms with Crippen LogP contribution in [0.25, 0.3) is 0 Å². The van der Waals surface area contributed by atoms with Crippen molar-refractivity contribution in [2.24, 2.45) is 0 Å². The minimum absolute atomic E-state index is 0.00849. The zero-order valence-electron chi connectivity index (χ0n) is 10.9. The number of sulfonamides is 1. The molecule has 0 aromatic heterocycles. The Balaban J connectivity index is 2.37. The lowest BCUT2D eigenvalue weighted by atomic mass is 9.80. The summed E-state index contributed by atoms with van der Waals surface area (Å²) in [5, 5.41) is 12.4. The van der Waals surface area contributed by atoms with Gasteiger partial charge in [0, 0.05) is 6.54 Å². The second-order valence-electron chi connectivity index (χ2n) is 4.95. The summed E-state index contributed by atoms with van der Waals surface area (Å²) < 4.78 is 25.3. The molecule has 0 radical (unpaired) electrons. The van der Waals surface area contributed by atoms with Crippen LogP contribution in [0, 0.1) is 0 Å². The van der Waals surface area contributed by atoms with Crippen LogP contribution in [-0.4, -0.2) is 43.4 Å². The molecule has 0 aromatic carbocycles. The van der Waals surface area contributed by atoms with Crippen LogP contribution in [0.15, 0.2) is 0 Å². The fourth-order valence-corrected chi connectivity index (χ4v) is 3.12. The van der Waals surface area contributed by atoms with Crippen LogP contribution in [0.2, 0.25) is 0 Å². The van der Waals surface area contributed by atoms with Crippen molar-refractivity contribution in [3.05, 3.63) is 0 Å². The van der Waals surface area contributed by atoms with Crippen molar-refractivity contribution in [1.29, 1.82) is 0 Å². The van der Waals surface area contributed by atoms with Crippen LogP contribution in [0.3, 0.4) is 0 Å². The molecule has 0 spiro atoms. The van der Waals surface area contributed by atoms with Crippen molar-refractivity contribution >= 4 is 15.9 Å². The molecule has 0 saturated heterocycles. The third-order valence-electron chi connectivity index (χ3n) is 3.10. The molecule has 1 atom stereocenters. The van der Waals surface area contributed by atoms with Gasteiger partial charge in [0.25, 0.3) is 0 Å². The molecule has 6 nitrogen and oxygen atoms in total. The Morgan fingerprint density at radius 3 is 2.50 bits per heavy atom. The second-order valence-corrected chi connectivity index (χ2v) is 6.83. The monoisotopic (exact) mass is 278 g/mol. The van der Waals surface area contributed by atoms with Gasteiger partial charge in [-0.1, -0.05) is 6.92 Å². The van der Waals surface area contributed by atoms with Crippen molar-refractivity contribution in [3.63, 3.8) is 0 Å². The molecule has 1 aliphatic rings. The summed E-state index contributed by atoms with van der Waals surface area (Å²) in [5.41, 5.74) is -0.794. The standard InChI is InChI=1S/C11H22N2O4S/c1-3-7-18(16,17)13-9(2)10(14)12-8-11(15)5-4-6-11/h9,13,15H,3-8H2,1-2H3,(H,12,14). The molecule has 1 unspecified atom stereocenters. The topological polar surface area (TPSA) is 95.5 Å². The van der Waals surface area contributed by atoms with Crippen LogP contribution in [0.5, 0.6) is 0 Å². The van der Waals surface area contributed by atoms with E-state index in [1.807, 2.05) is 0 Å². The molecule has 0 heterocycles. The third kappa shape index (κ3) is 4.55. The van der Waals surface area contributed by atoms with E-state index in [9.17, 15) is 18.3 Å². The molecule has 0 aromatic rings. The maximum atomic E-state index is 11.7. The first kappa shape index (κ1) is 15.4. The Hall–Kier alpha value is -0.660. The van der Waals surface area contributed by atoms with Crippen molar-refractivity contribution in [2.75, 3.05) is 12.3 Å². The Morgan fingerprint density at radius 2 is 2.06 bits per heavy atom. The normalized spacial score (nSPS) is 19.9. The molecule has 7 heteroatoms. The van der Waals surface area contributed by atoms with Gasteiger partial charge in [0.1, 0.15) is 0 Å². The maximum absolute atomic E-state index is 11.7. The third-order valence-corrected chi connectivity index (χ3v) is 4.76. The minimum atomic E-state index is -3.39. The van der Waals surface area contributed by atoms with Gasteiger partial charge in [-0.25, -0.2) is 13.1 Å². The second kappa shape index (κ2) is 5.99. The molecule has 106 valence electrons. The molecule has 1 fully saturated rings. The fraction of sp³-hybridized carbons (Fsp3) is 0.909. The molecule has 1 aliphatic carbocycles.